The molecule has 0 aromatic heterocycles. The van der Waals surface area contributed by atoms with Gasteiger partial charge >= 0.3 is 17.9 Å². The highest BCUT2D eigenvalue weighted by Crippen LogP contribution is 2.38. The Morgan fingerprint density at radius 2 is 1.05 bits per heavy atom. The van der Waals surface area contributed by atoms with Crippen molar-refractivity contribution in [3.63, 3.8) is 0 Å². The number of benzene rings is 5. The van der Waals surface area contributed by atoms with Gasteiger partial charge in [-0.3, -0.25) is 4.79 Å². The van der Waals surface area contributed by atoms with Gasteiger partial charge in [-0.2, -0.15) is 0 Å². The Kier molecular flexibility index (Phi) is 17.7. The summed E-state index contributed by atoms with van der Waals surface area (Å²) in [7, 11) is 0. The molecule has 0 saturated carbocycles. The number of carbonyl (C=O) groups is 3. The lowest BCUT2D eigenvalue weighted by atomic mass is 9.96. The molecule has 10 atom stereocenters. The largest absolute Gasteiger partial charge is 0.459 e. The van der Waals surface area contributed by atoms with Gasteiger partial charge < -0.3 is 47.7 Å². The highest BCUT2D eigenvalue weighted by atomic mass is 32.2. The van der Waals surface area contributed by atoms with Crippen LogP contribution in [-0.4, -0.2) is 103 Å². The van der Waals surface area contributed by atoms with Crippen molar-refractivity contribution in [1.29, 1.82) is 0 Å². The maximum atomic E-state index is 13.9. The molecule has 7 rings (SSSR count). The SMILES string of the molecule is CCS[C@@H]1O[C@H](COC(=O)c2ccccc2)[C@H](OC(C)=O)[C@H](O[C@H]2O[C@H](COCc3ccccc3)[C@H](OCc3ccccc3)[C@H](O)[C@H]2OCc2ccccc2)[C@H]1OC(=O)c1ccccc1. The van der Waals surface area contributed by atoms with E-state index in [4.69, 9.17) is 42.6 Å². The summed E-state index contributed by atoms with van der Waals surface area (Å²) in [6, 6.07) is 45.4. The molecule has 0 spiro atoms. The molecule has 2 aliphatic rings. The topological polar surface area (TPSA) is 155 Å². The quantitative estimate of drug-likeness (QED) is 0.0612. The van der Waals surface area contributed by atoms with Gasteiger partial charge in [-0.1, -0.05) is 134 Å². The summed E-state index contributed by atoms with van der Waals surface area (Å²) < 4.78 is 57.6. The highest BCUT2D eigenvalue weighted by molar-refractivity contribution is 7.99. The summed E-state index contributed by atoms with van der Waals surface area (Å²) in [4.78, 5) is 40.2. The third-order valence-corrected chi connectivity index (χ3v) is 11.8. The second-order valence-electron chi connectivity index (χ2n) is 15.4. The number of thioether (sulfide) groups is 1. The van der Waals surface area contributed by atoms with E-state index < -0.39 is 78.5 Å². The zero-order valence-electron chi connectivity index (χ0n) is 36.2. The molecular weight excluding hydrogens is 853 g/mol. The first-order valence-electron chi connectivity index (χ1n) is 21.6. The lowest BCUT2D eigenvalue weighted by molar-refractivity contribution is -0.350. The molecule has 342 valence electrons. The van der Waals surface area contributed by atoms with Crippen molar-refractivity contribution in [3.8, 4) is 0 Å². The van der Waals surface area contributed by atoms with E-state index in [-0.39, 0.29) is 38.6 Å². The van der Waals surface area contributed by atoms with E-state index in [0.717, 1.165) is 16.7 Å². The number of hydrogen-bond donors (Lipinski definition) is 1. The van der Waals surface area contributed by atoms with E-state index in [0.29, 0.717) is 11.3 Å². The van der Waals surface area contributed by atoms with Crippen LogP contribution in [0.4, 0.5) is 0 Å². The van der Waals surface area contributed by atoms with Crippen LogP contribution in [0.1, 0.15) is 51.3 Å². The van der Waals surface area contributed by atoms with Gasteiger partial charge in [-0.25, -0.2) is 9.59 Å². The third kappa shape index (κ3) is 13.3. The first-order chi connectivity index (χ1) is 31.8. The van der Waals surface area contributed by atoms with E-state index in [1.807, 2.05) is 97.9 Å². The Morgan fingerprint density at radius 3 is 1.58 bits per heavy atom. The number of aliphatic hydroxyl groups is 1. The smallest absolute Gasteiger partial charge is 0.338 e. The van der Waals surface area contributed by atoms with Crippen molar-refractivity contribution in [2.24, 2.45) is 0 Å². The summed E-state index contributed by atoms with van der Waals surface area (Å²) in [5, 5.41) is 12.5. The second-order valence-corrected chi connectivity index (χ2v) is 16.8. The monoisotopic (exact) mass is 906 g/mol. The molecule has 0 unspecified atom stereocenters. The molecule has 2 heterocycles. The van der Waals surface area contributed by atoms with Gasteiger partial charge in [-0.05, 0) is 46.7 Å². The van der Waals surface area contributed by atoms with E-state index in [1.165, 1.54) is 18.7 Å². The van der Waals surface area contributed by atoms with Gasteiger partial charge in [0.15, 0.2) is 18.5 Å². The van der Waals surface area contributed by atoms with Crippen molar-refractivity contribution in [1.82, 2.24) is 0 Å². The molecule has 2 fully saturated rings. The molecule has 5 aromatic carbocycles. The van der Waals surface area contributed by atoms with Crippen molar-refractivity contribution in [2.45, 2.75) is 94.2 Å². The second kappa shape index (κ2) is 24.2. The Morgan fingerprint density at radius 1 is 0.554 bits per heavy atom. The van der Waals surface area contributed by atoms with E-state index in [2.05, 4.69) is 0 Å². The van der Waals surface area contributed by atoms with Gasteiger partial charge in [0.1, 0.15) is 48.7 Å². The van der Waals surface area contributed by atoms with Crippen LogP contribution >= 0.6 is 11.8 Å². The minimum absolute atomic E-state index is 0.0311. The number of ether oxygens (including phenoxy) is 9. The van der Waals surface area contributed by atoms with Gasteiger partial charge in [0.2, 0.25) is 0 Å². The van der Waals surface area contributed by atoms with Crippen molar-refractivity contribution >= 4 is 29.7 Å². The van der Waals surface area contributed by atoms with Crippen LogP contribution in [0.5, 0.6) is 0 Å². The number of esters is 3. The predicted molar refractivity (Wildman–Crippen MR) is 240 cm³/mol. The zero-order chi connectivity index (χ0) is 45.4. The third-order valence-electron chi connectivity index (χ3n) is 10.7. The maximum absolute atomic E-state index is 13.9. The molecule has 14 heteroatoms. The summed E-state index contributed by atoms with van der Waals surface area (Å²) >= 11 is 1.32. The molecule has 1 N–H and O–H groups in total. The van der Waals surface area contributed by atoms with Crippen LogP contribution in [0.25, 0.3) is 0 Å². The first-order valence-corrected chi connectivity index (χ1v) is 22.7. The van der Waals surface area contributed by atoms with Crippen LogP contribution in [0, 0.1) is 0 Å². The van der Waals surface area contributed by atoms with Crippen molar-refractivity contribution < 1.29 is 62.1 Å². The molecule has 13 nitrogen and oxygen atoms in total. The highest BCUT2D eigenvalue weighted by Gasteiger charge is 2.55. The average molecular weight is 907 g/mol. The lowest BCUT2D eigenvalue weighted by Crippen LogP contribution is -2.66. The number of hydrogen-bond acceptors (Lipinski definition) is 14. The fourth-order valence-corrected chi connectivity index (χ4v) is 8.53. The molecule has 0 aliphatic carbocycles. The van der Waals surface area contributed by atoms with Crippen molar-refractivity contribution in [2.75, 3.05) is 19.0 Å². The number of carbonyl (C=O) groups excluding carboxylic acids is 3. The summed E-state index contributed by atoms with van der Waals surface area (Å²) in [5.74, 6) is -1.51. The molecule has 5 aromatic rings. The molecule has 2 saturated heterocycles. The number of rotatable bonds is 20. The molecule has 2 aliphatic heterocycles. The maximum Gasteiger partial charge on any atom is 0.338 e. The average Bonchev–Trinajstić information content (AvgIpc) is 3.33. The fraction of sp³-hybridized carbons (Fsp3) is 0.353. The fourth-order valence-electron chi connectivity index (χ4n) is 7.58. The Balaban J connectivity index is 1.25. The normalized spacial score (nSPS) is 25.3. The Bertz CT molecular complexity index is 2200. The molecular formula is C51H54O13S. The van der Waals surface area contributed by atoms with Gasteiger partial charge in [0, 0.05) is 6.92 Å². The molecule has 0 bridgehead atoms. The van der Waals surface area contributed by atoms with Gasteiger partial charge in [-0.15, -0.1) is 11.8 Å². The van der Waals surface area contributed by atoms with E-state index >= 15 is 0 Å². The van der Waals surface area contributed by atoms with E-state index in [9.17, 15) is 19.5 Å². The molecule has 0 amide bonds. The van der Waals surface area contributed by atoms with Crippen LogP contribution in [-0.2, 0) is 67.2 Å². The van der Waals surface area contributed by atoms with E-state index in [1.54, 1.807) is 60.7 Å². The van der Waals surface area contributed by atoms with Crippen LogP contribution in [0.3, 0.4) is 0 Å². The van der Waals surface area contributed by atoms with Crippen LogP contribution < -0.4 is 0 Å². The minimum Gasteiger partial charge on any atom is -0.459 e. The lowest BCUT2D eigenvalue weighted by Gasteiger charge is -2.49. The summed E-state index contributed by atoms with van der Waals surface area (Å²) in [6.45, 7) is 3.17. The van der Waals surface area contributed by atoms with Crippen LogP contribution in [0.15, 0.2) is 152 Å². The zero-order valence-corrected chi connectivity index (χ0v) is 37.0. The molecule has 0 radical (unpaired) electrons. The van der Waals surface area contributed by atoms with Gasteiger partial charge in [0.05, 0.1) is 37.6 Å². The summed E-state index contributed by atoms with van der Waals surface area (Å²) in [6.07, 6.45) is -10.9. The first kappa shape index (κ1) is 47.5. The predicted octanol–water partition coefficient (Wildman–Crippen LogP) is 7.34. The Hall–Kier alpha value is -5.42. The minimum atomic E-state index is -1.41. The standard InChI is InChI=1S/C51H54O13S/c1-3-65-51-47(63-49(55)39-27-17-8-18-28-39)46(44(60-34(2)52)41(62-51)33-59-48(54)38-25-15-7-16-26-38)64-50-45(58-31-37-23-13-6-14-24-37)42(53)43(57-30-36-21-11-5-12-22-36)40(61-50)32-56-29-35-19-9-4-10-20-35/h4-28,40-47,50-51,53H,3,29-33H2,1-2H3/t40-,41-,42+,43+,44+,45-,46+,47-,50-,51+/m1/s1. The van der Waals surface area contributed by atoms with Crippen LogP contribution in [0.2, 0.25) is 0 Å². The van der Waals surface area contributed by atoms with Gasteiger partial charge in [0.25, 0.3) is 0 Å². The summed E-state index contributed by atoms with van der Waals surface area (Å²) in [5.41, 5.74) is 2.26. The number of aliphatic hydroxyl groups excluding tert-OH is 1. The molecule has 65 heavy (non-hydrogen) atoms. The Labute approximate surface area is 383 Å². The van der Waals surface area contributed by atoms with Crippen molar-refractivity contribution in [3.05, 3.63) is 179 Å².